The molecule has 1 N–H and O–H groups in total. The van der Waals surface area contributed by atoms with Crippen LogP contribution in [0.25, 0.3) is 0 Å². The number of benzene rings is 1. The van der Waals surface area contributed by atoms with E-state index >= 15 is 0 Å². The summed E-state index contributed by atoms with van der Waals surface area (Å²) < 4.78 is 26.5. The van der Waals surface area contributed by atoms with Gasteiger partial charge in [-0.25, -0.2) is 13.1 Å². The summed E-state index contributed by atoms with van der Waals surface area (Å²) in [4.78, 5) is 2.08. The first-order valence-corrected chi connectivity index (χ1v) is 7.91. The number of nitrogens with one attached hydrogen (secondary N) is 1. The zero-order valence-electron chi connectivity index (χ0n) is 9.61. The Balaban J connectivity index is 2.23. The summed E-state index contributed by atoms with van der Waals surface area (Å²) in [6.45, 7) is 3.71. The fourth-order valence-corrected chi connectivity index (χ4v) is 3.61. The van der Waals surface area contributed by atoms with Crippen molar-refractivity contribution in [3.05, 3.63) is 28.2 Å². The van der Waals surface area contributed by atoms with Crippen LogP contribution < -0.4 is 9.62 Å². The third-order valence-electron chi connectivity index (χ3n) is 2.78. The zero-order chi connectivity index (χ0) is 12.5. The van der Waals surface area contributed by atoms with Crippen LogP contribution >= 0.6 is 15.9 Å². The summed E-state index contributed by atoms with van der Waals surface area (Å²) in [5.41, 5.74) is 2.23. The van der Waals surface area contributed by atoms with E-state index in [1.165, 1.54) is 5.56 Å². The molecule has 4 nitrogen and oxygen atoms in total. The highest BCUT2D eigenvalue weighted by molar-refractivity contribution is 9.10. The van der Waals surface area contributed by atoms with Crippen LogP contribution in [0.2, 0.25) is 0 Å². The van der Waals surface area contributed by atoms with E-state index in [0.29, 0.717) is 19.6 Å². The van der Waals surface area contributed by atoms with Crippen molar-refractivity contribution in [2.24, 2.45) is 0 Å². The SMILES string of the molecule is Cc1ccc(N2CCNS(=O)(=O)CC2)c(Br)c1. The van der Waals surface area contributed by atoms with Gasteiger partial charge in [0.1, 0.15) is 0 Å². The number of hydrogen-bond donors (Lipinski definition) is 1. The van der Waals surface area contributed by atoms with Crippen LogP contribution in [0.3, 0.4) is 0 Å². The van der Waals surface area contributed by atoms with Gasteiger partial charge in [-0.15, -0.1) is 0 Å². The molecule has 1 fully saturated rings. The molecule has 0 saturated carbocycles. The van der Waals surface area contributed by atoms with Crippen LogP contribution in [0, 0.1) is 6.92 Å². The molecular weight excluding hydrogens is 304 g/mol. The van der Waals surface area contributed by atoms with Gasteiger partial charge in [-0.3, -0.25) is 0 Å². The number of halogens is 1. The van der Waals surface area contributed by atoms with Crippen molar-refractivity contribution >= 4 is 31.6 Å². The lowest BCUT2D eigenvalue weighted by Crippen LogP contribution is -2.28. The molecule has 0 amide bonds. The summed E-state index contributed by atoms with van der Waals surface area (Å²) in [5.74, 6) is 0.146. The van der Waals surface area contributed by atoms with Crippen molar-refractivity contribution in [2.75, 3.05) is 30.3 Å². The van der Waals surface area contributed by atoms with Crippen molar-refractivity contribution in [2.45, 2.75) is 6.92 Å². The van der Waals surface area contributed by atoms with Gasteiger partial charge in [0.05, 0.1) is 11.4 Å². The maximum Gasteiger partial charge on any atom is 0.213 e. The monoisotopic (exact) mass is 318 g/mol. The van der Waals surface area contributed by atoms with Gasteiger partial charge in [-0.2, -0.15) is 0 Å². The van der Waals surface area contributed by atoms with E-state index in [1.54, 1.807) is 0 Å². The van der Waals surface area contributed by atoms with Crippen LogP contribution in [0.1, 0.15) is 5.56 Å². The van der Waals surface area contributed by atoms with Gasteiger partial charge in [0, 0.05) is 24.1 Å². The average Bonchev–Trinajstić information content (AvgIpc) is 2.40. The van der Waals surface area contributed by atoms with E-state index in [4.69, 9.17) is 0 Å². The lowest BCUT2D eigenvalue weighted by Gasteiger charge is -2.23. The minimum Gasteiger partial charge on any atom is -0.368 e. The highest BCUT2D eigenvalue weighted by Gasteiger charge is 2.19. The Morgan fingerprint density at radius 3 is 2.82 bits per heavy atom. The van der Waals surface area contributed by atoms with Crippen molar-refractivity contribution in [1.29, 1.82) is 0 Å². The molecule has 0 unspecified atom stereocenters. The highest BCUT2D eigenvalue weighted by atomic mass is 79.9. The van der Waals surface area contributed by atoms with E-state index in [0.717, 1.165) is 10.2 Å². The second-order valence-electron chi connectivity index (χ2n) is 4.16. The fraction of sp³-hybridized carbons (Fsp3) is 0.455. The summed E-state index contributed by atoms with van der Waals surface area (Å²) in [5, 5.41) is 0. The molecule has 1 heterocycles. The minimum absolute atomic E-state index is 0.146. The number of rotatable bonds is 1. The molecule has 1 aromatic carbocycles. The van der Waals surface area contributed by atoms with E-state index < -0.39 is 10.0 Å². The molecule has 0 aliphatic carbocycles. The standard InChI is InChI=1S/C11H15BrN2O2S/c1-9-2-3-11(10(12)8-9)14-5-4-13-17(15,16)7-6-14/h2-3,8,13H,4-7H2,1H3. The Morgan fingerprint density at radius 2 is 2.12 bits per heavy atom. The first-order valence-electron chi connectivity index (χ1n) is 5.46. The first kappa shape index (κ1) is 12.9. The van der Waals surface area contributed by atoms with Crippen molar-refractivity contribution < 1.29 is 8.42 Å². The van der Waals surface area contributed by atoms with Crippen molar-refractivity contribution in [3.8, 4) is 0 Å². The van der Waals surface area contributed by atoms with Crippen molar-refractivity contribution in [3.63, 3.8) is 0 Å². The molecule has 94 valence electrons. The summed E-state index contributed by atoms with van der Waals surface area (Å²) >= 11 is 3.53. The van der Waals surface area contributed by atoms with Gasteiger partial charge in [0.15, 0.2) is 0 Å². The number of aryl methyl sites for hydroxylation is 1. The van der Waals surface area contributed by atoms with Gasteiger partial charge >= 0.3 is 0 Å². The molecule has 0 atom stereocenters. The Morgan fingerprint density at radius 1 is 1.35 bits per heavy atom. The van der Waals surface area contributed by atoms with Crippen LogP contribution in [0.15, 0.2) is 22.7 Å². The lowest BCUT2D eigenvalue weighted by molar-refractivity contribution is 0.586. The smallest absolute Gasteiger partial charge is 0.213 e. The second-order valence-corrected chi connectivity index (χ2v) is 6.94. The number of hydrogen-bond acceptors (Lipinski definition) is 3. The average molecular weight is 319 g/mol. The second kappa shape index (κ2) is 4.96. The van der Waals surface area contributed by atoms with Gasteiger partial charge in [-0.05, 0) is 40.5 Å². The van der Waals surface area contributed by atoms with Crippen LogP contribution in [0.4, 0.5) is 5.69 Å². The maximum absolute atomic E-state index is 11.4. The summed E-state index contributed by atoms with van der Waals surface area (Å²) in [7, 11) is -3.09. The lowest BCUT2D eigenvalue weighted by atomic mass is 10.2. The summed E-state index contributed by atoms with van der Waals surface area (Å²) in [6, 6.07) is 6.10. The molecule has 0 radical (unpaired) electrons. The first-order chi connectivity index (χ1) is 7.98. The van der Waals surface area contributed by atoms with Gasteiger partial charge in [0.2, 0.25) is 10.0 Å². The largest absolute Gasteiger partial charge is 0.368 e. The molecule has 6 heteroatoms. The molecular formula is C11H15BrN2O2S. The van der Waals surface area contributed by atoms with E-state index in [9.17, 15) is 8.42 Å². The maximum atomic E-state index is 11.4. The third kappa shape index (κ3) is 3.20. The fourth-order valence-electron chi connectivity index (χ4n) is 1.86. The number of sulfonamides is 1. The number of anilines is 1. The van der Waals surface area contributed by atoms with Crippen LogP contribution in [-0.4, -0.2) is 33.8 Å². The molecule has 17 heavy (non-hydrogen) atoms. The van der Waals surface area contributed by atoms with Crippen LogP contribution in [-0.2, 0) is 10.0 Å². The molecule has 0 aromatic heterocycles. The molecule has 0 spiro atoms. The zero-order valence-corrected chi connectivity index (χ0v) is 12.0. The van der Waals surface area contributed by atoms with Gasteiger partial charge in [-0.1, -0.05) is 6.07 Å². The van der Waals surface area contributed by atoms with Gasteiger partial charge < -0.3 is 4.90 Å². The highest BCUT2D eigenvalue weighted by Crippen LogP contribution is 2.27. The topological polar surface area (TPSA) is 49.4 Å². The number of nitrogens with zero attached hydrogens (tertiary/aromatic N) is 1. The summed E-state index contributed by atoms with van der Waals surface area (Å²) in [6.07, 6.45) is 0. The predicted octanol–water partition coefficient (Wildman–Crippen LogP) is 1.50. The van der Waals surface area contributed by atoms with Gasteiger partial charge in [0.25, 0.3) is 0 Å². The van der Waals surface area contributed by atoms with Crippen molar-refractivity contribution in [1.82, 2.24) is 4.72 Å². The Bertz CT molecular complexity index is 516. The predicted molar refractivity (Wildman–Crippen MR) is 72.9 cm³/mol. The minimum atomic E-state index is -3.09. The van der Waals surface area contributed by atoms with E-state index in [1.807, 2.05) is 25.1 Å². The Kier molecular flexibility index (Phi) is 3.75. The molecule has 1 saturated heterocycles. The van der Waals surface area contributed by atoms with E-state index in [-0.39, 0.29) is 5.75 Å². The molecule has 1 aliphatic heterocycles. The quantitative estimate of drug-likeness (QED) is 0.853. The molecule has 1 aromatic rings. The molecule has 2 rings (SSSR count). The normalized spacial score (nSPS) is 20.0. The Hall–Kier alpha value is -0.590. The van der Waals surface area contributed by atoms with E-state index in [2.05, 4.69) is 25.6 Å². The Labute approximate surface area is 110 Å². The van der Waals surface area contributed by atoms with Crippen LogP contribution in [0.5, 0.6) is 0 Å². The molecule has 0 bridgehead atoms. The molecule has 1 aliphatic rings. The third-order valence-corrected chi connectivity index (χ3v) is 4.78.